The van der Waals surface area contributed by atoms with E-state index in [1.807, 2.05) is 0 Å². The largest absolute Gasteiger partial charge is 0.466 e. The van der Waals surface area contributed by atoms with Crippen LogP contribution >= 0.6 is 11.6 Å². The van der Waals surface area contributed by atoms with Gasteiger partial charge in [0.05, 0.1) is 18.2 Å². The van der Waals surface area contributed by atoms with Gasteiger partial charge in [0.2, 0.25) is 5.91 Å². The smallest absolute Gasteiger partial charge is 0.310 e. The van der Waals surface area contributed by atoms with Crippen LogP contribution in [0, 0.1) is 11.7 Å². The molecule has 0 spiro atoms. The maximum absolute atomic E-state index is 13.7. The first-order valence-corrected chi connectivity index (χ1v) is 8.51. The van der Waals surface area contributed by atoms with Crippen molar-refractivity contribution in [2.24, 2.45) is 5.92 Å². The highest BCUT2D eigenvalue weighted by Gasteiger charge is 2.26. The molecule has 0 bridgehead atoms. The Labute approximate surface area is 146 Å². The van der Waals surface area contributed by atoms with Gasteiger partial charge in [-0.15, -0.1) is 0 Å². The Kier molecular flexibility index (Phi) is 6.99. The number of rotatable bonds is 6. The summed E-state index contributed by atoms with van der Waals surface area (Å²) in [6.45, 7) is 4.14. The molecule has 0 aliphatic carbocycles. The molecule has 7 heteroatoms. The quantitative estimate of drug-likeness (QED) is 0.796. The lowest BCUT2D eigenvalue weighted by Crippen LogP contribution is -2.40. The second-order valence-corrected chi connectivity index (χ2v) is 6.25. The first kappa shape index (κ1) is 18.7. The summed E-state index contributed by atoms with van der Waals surface area (Å²) in [7, 11) is 0. The van der Waals surface area contributed by atoms with Crippen molar-refractivity contribution in [3.63, 3.8) is 0 Å². The van der Waals surface area contributed by atoms with E-state index in [0.29, 0.717) is 19.7 Å². The molecule has 5 nitrogen and oxygen atoms in total. The lowest BCUT2D eigenvalue weighted by Gasteiger charge is -2.31. The molecule has 24 heavy (non-hydrogen) atoms. The molecular formula is C17H22ClFN2O3. The number of nitrogens with zero attached hydrogens (tertiary/aromatic N) is 1. The number of amides is 1. The van der Waals surface area contributed by atoms with Gasteiger partial charge in [-0.3, -0.25) is 9.59 Å². The van der Waals surface area contributed by atoms with Crippen LogP contribution in [0.1, 0.15) is 26.2 Å². The molecule has 1 saturated heterocycles. The number of esters is 1. The van der Waals surface area contributed by atoms with Gasteiger partial charge in [-0.25, -0.2) is 4.39 Å². The molecule has 2 rings (SSSR count). The molecule has 1 fully saturated rings. The molecule has 1 aliphatic heterocycles. The maximum atomic E-state index is 13.7. The molecule has 0 saturated carbocycles. The Morgan fingerprint density at radius 2 is 2.25 bits per heavy atom. The number of carbonyl (C=O) groups is 2. The number of ether oxygens (including phenoxy) is 1. The Balaban J connectivity index is 1.79. The van der Waals surface area contributed by atoms with Gasteiger partial charge in [-0.1, -0.05) is 11.6 Å². The van der Waals surface area contributed by atoms with E-state index in [1.54, 1.807) is 6.92 Å². The number of piperidine rings is 1. The van der Waals surface area contributed by atoms with Gasteiger partial charge in [0.15, 0.2) is 0 Å². The van der Waals surface area contributed by atoms with Crippen LogP contribution in [-0.4, -0.2) is 43.0 Å². The van der Waals surface area contributed by atoms with Crippen molar-refractivity contribution < 1.29 is 18.7 Å². The third kappa shape index (κ3) is 5.46. The van der Waals surface area contributed by atoms with Gasteiger partial charge in [0.25, 0.3) is 0 Å². The predicted molar refractivity (Wildman–Crippen MR) is 90.5 cm³/mol. The van der Waals surface area contributed by atoms with Crippen LogP contribution < -0.4 is 5.32 Å². The van der Waals surface area contributed by atoms with E-state index in [4.69, 9.17) is 16.3 Å². The highest BCUT2D eigenvalue weighted by Crippen LogP contribution is 2.20. The summed E-state index contributed by atoms with van der Waals surface area (Å²) in [6.07, 6.45) is 1.95. The molecule has 0 radical (unpaired) electrons. The summed E-state index contributed by atoms with van der Waals surface area (Å²) in [5.41, 5.74) is 0.118. The van der Waals surface area contributed by atoms with Crippen LogP contribution in [0.2, 0.25) is 5.02 Å². The van der Waals surface area contributed by atoms with Crippen molar-refractivity contribution in [3.05, 3.63) is 29.0 Å². The fraction of sp³-hybridized carbons (Fsp3) is 0.529. The zero-order valence-corrected chi connectivity index (χ0v) is 14.4. The Morgan fingerprint density at radius 3 is 2.96 bits per heavy atom. The fourth-order valence-corrected chi connectivity index (χ4v) is 2.93. The Bertz CT molecular complexity index is 597. The van der Waals surface area contributed by atoms with Crippen LogP contribution in [0.5, 0.6) is 0 Å². The minimum Gasteiger partial charge on any atom is -0.466 e. The molecule has 1 amide bonds. The third-order valence-corrected chi connectivity index (χ3v) is 4.22. The molecule has 1 atom stereocenters. The van der Waals surface area contributed by atoms with Gasteiger partial charge in [-0.05, 0) is 44.5 Å². The van der Waals surface area contributed by atoms with Crippen molar-refractivity contribution in [2.75, 3.05) is 31.6 Å². The van der Waals surface area contributed by atoms with Crippen LogP contribution in [-0.2, 0) is 14.3 Å². The lowest BCUT2D eigenvalue weighted by atomic mass is 9.98. The topological polar surface area (TPSA) is 58.6 Å². The number of carbonyl (C=O) groups excluding carboxylic acids is 2. The molecule has 1 aromatic rings. The van der Waals surface area contributed by atoms with E-state index in [0.717, 1.165) is 25.5 Å². The summed E-state index contributed by atoms with van der Waals surface area (Å²) in [5.74, 6) is -1.13. The standard InChI is InChI=1S/C17H22ClFN2O3/c1-2-24-17(23)12-4-3-8-21(11-12)9-7-16(22)20-15-6-5-13(18)10-14(15)19/h5-6,10,12H,2-4,7-9,11H2,1H3,(H,20,22). The zero-order valence-electron chi connectivity index (χ0n) is 13.7. The molecule has 1 aliphatic rings. The van der Waals surface area contributed by atoms with Gasteiger partial charge < -0.3 is 15.0 Å². The van der Waals surface area contributed by atoms with Gasteiger partial charge in [-0.2, -0.15) is 0 Å². The van der Waals surface area contributed by atoms with E-state index < -0.39 is 5.82 Å². The first-order valence-electron chi connectivity index (χ1n) is 8.13. The Morgan fingerprint density at radius 1 is 1.46 bits per heavy atom. The monoisotopic (exact) mass is 356 g/mol. The minimum atomic E-state index is -0.559. The maximum Gasteiger partial charge on any atom is 0.310 e. The highest BCUT2D eigenvalue weighted by atomic mass is 35.5. The average molecular weight is 357 g/mol. The summed E-state index contributed by atoms with van der Waals surface area (Å²) < 4.78 is 18.7. The molecule has 132 valence electrons. The summed E-state index contributed by atoms with van der Waals surface area (Å²) in [5, 5.41) is 2.82. The second-order valence-electron chi connectivity index (χ2n) is 5.81. The number of nitrogens with one attached hydrogen (secondary N) is 1. The number of halogens is 2. The second kappa shape index (κ2) is 8.99. The van der Waals surface area contributed by atoms with E-state index in [9.17, 15) is 14.0 Å². The predicted octanol–water partition coefficient (Wildman–Crippen LogP) is 3.08. The van der Waals surface area contributed by atoms with Crippen LogP contribution in [0.25, 0.3) is 0 Å². The van der Waals surface area contributed by atoms with Crippen molar-refractivity contribution >= 4 is 29.2 Å². The van der Waals surface area contributed by atoms with Crippen molar-refractivity contribution in [1.82, 2.24) is 4.90 Å². The van der Waals surface area contributed by atoms with E-state index in [-0.39, 0.29) is 34.9 Å². The van der Waals surface area contributed by atoms with Crippen molar-refractivity contribution in [2.45, 2.75) is 26.2 Å². The normalized spacial score (nSPS) is 18.2. The number of anilines is 1. The van der Waals surface area contributed by atoms with Gasteiger partial charge in [0.1, 0.15) is 5.82 Å². The molecule has 1 N–H and O–H groups in total. The van der Waals surface area contributed by atoms with Gasteiger partial charge in [0, 0.05) is 24.5 Å². The SMILES string of the molecule is CCOC(=O)C1CCCN(CCC(=O)Nc2ccc(Cl)cc2F)C1. The van der Waals surface area contributed by atoms with Crippen molar-refractivity contribution in [1.29, 1.82) is 0 Å². The number of hydrogen-bond donors (Lipinski definition) is 1. The highest BCUT2D eigenvalue weighted by molar-refractivity contribution is 6.30. The Hall–Kier alpha value is -1.66. The summed E-state index contributed by atoms with van der Waals surface area (Å²) in [6, 6.07) is 4.12. The van der Waals surface area contributed by atoms with E-state index in [2.05, 4.69) is 10.2 Å². The third-order valence-electron chi connectivity index (χ3n) is 3.99. The zero-order chi connectivity index (χ0) is 17.5. The molecule has 1 aromatic carbocycles. The summed E-state index contributed by atoms with van der Waals surface area (Å²) >= 11 is 5.68. The fourth-order valence-electron chi connectivity index (χ4n) is 2.77. The molecule has 1 heterocycles. The summed E-state index contributed by atoms with van der Waals surface area (Å²) in [4.78, 5) is 25.9. The number of likely N-dealkylation sites (tertiary alicyclic amines) is 1. The molecule has 1 unspecified atom stereocenters. The minimum absolute atomic E-state index is 0.118. The van der Waals surface area contributed by atoms with E-state index in [1.165, 1.54) is 12.1 Å². The molecule has 0 aromatic heterocycles. The first-order chi connectivity index (χ1) is 11.5. The van der Waals surface area contributed by atoms with E-state index >= 15 is 0 Å². The van der Waals surface area contributed by atoms with Crippen LogP contribution in [0.3, 0.4) is 0 Å². The van der Waals surface area contributed by atoms with Crippen LogP contribution in [0.15, 0.2) is 18.2 Å². The van der Waals surface area contributed by atoms with Crippen molar-refractivity contribution in [3.8, 4) is 0 Å². The van der Waals surface area contributed by atoms with Gasteiger partial charge >= 0.3 is 5.97 Å². The number of hydrogen-bond acceptors (Lipinski definition) is 4. The molecular weight excluding hydrogens is 335 g/mol. The lowest BCUT2D eigenvalue weighted by molar-refractivity contribution is -0.149. The van der Waals surface area contributed by atoms with Crippen LogP contribution in [0.4, 0.5) is 10.1 Å². The number of benzene rings is 1. The average Bonchev–Trinajstić information content (AvgIpc) is 2.56.